The van der Waals surface area contributed by atoms with E-state index in [4.69, 9.17) is 5.73 Å². The Balaban J connectivity index is 2.34. The molecule has 10 heteroatoms. The topological polar surface area (TPSA) is 166 Å². The number of aliphatic carboxylic acids is 1. The minimum Gasteiger partial charge on any atom is -0.480 e. The van der Waals surface area contributed by atoms with Crippen LogP contribution >= 0.6 is 0 Å². The second kappa shape index (κ2) is 12.9. The number of hydrogen-bond donors (Lipinski definition) is 6. The van der Waals surface area contributed by atoms with Crippen LogP contribution in [0.25, 0.3) is 10.9 Å². The monoisotopic (exact) mass is 487 g/mol. The molecule has 0 radical (unpaired) electrons. The molecule has 1 aromatic carbocycles. The largest absolute Gasteiger partial charge is 0.480 e. The maximum atomic E-state index is 13.3. The molecule has 4 atom stereocenters. The number of aromatic amines is 1. The highest BCUT2D eigenvalue weighted by molar-refractivity contribution is 5.94. The lowest BCUT2D eigenvalue weighted by Crippen LogP contribution is -2.58. The van der Waals surface area contributed by atoms with Gasteiger partial charge in [0.15, 0.2) is 0 Å². The average Bonchev–Trinajstić information content (AvgIpc) is 3.23. The number of rotatable bonds is 13. The number of amides is 3. The molecule has 2 aromatic rings. The van der Waals surface area contributed by atoms with E-state index >= 15 is 0 Å². The lowest BCUT2D eigenvalue weighted by Gasteiger charge is -2.27. The van der Waals surface area contributed by atoms with Crippen LogP contribution in [0.1, 0.15) is 46.1 Å². The van der Waals surface area contributed by atoms with Crippen LogP contribution in [0.5, 0.6) is 0 Å². The number of H-pyrrole nitrogens is 1. The number of carbonyl (C=O) groups excluding carboxylic acids is 3. The first-order valence-electron chi connectivity index (χ1n) is 11.9. The Hall–Kier alpha value is -3.40. The molecule has 192 valence electrons. The van der Waals surface area contributed by atoms with Crippen LogP contribution in [0.15, 0.2) is 30.5 Å². The van der Waals surface area contributed by atoms with Crippen molar-refractivity contribution in [1.82, 2.24) is 20.9 Å². The zero-order chi connectivity index (χ0) is 26.1. The molecular weight excluding hydrogens is 450 g/mol. The van der Waals surface area contributed by atoms with Crippen LogP contribution in [0, 0.1) is 11.8 Å². The number of benzene rings is 1. The summed E-state index contributed by atoms with van der Waals surface area (Å²) in [5, 5.41) is 18.4. The quantitative estimate of drug-likeness (QED) is 0.249. The number of carboxylic acids is 1. The van der Waals surface area contributed by atoms with Crippen molar-refractivity contribution in [3.8, 4) is 0 Å². The van der Waals surface area contributed by atoms with Gasteiger partial charge in [0.2, 0.25) is 17.7 Å². The zero-order valence-electron chi connectivity index (χ0n) is 20.8. The van der Waals surface area contributed by atoms with Gasteiger partial charge in [-0.05, 0) is 29.9 Å². The summed E-state index contributed by atoms with van der Waals surface area (Å²) in [4.78, 5) is 53.3. The van der Waals surface area contributed by atoms with Gasteiger partial charge in [0, 0.05) is 23.5 Å². The van der Waals surface area contributed by atoms with Crippen molar-refractivity contribution < 1.29 is 24.3 Å². The summed E-state index contributed by atoms with van der Waals surface area (Å²) >= 11 is 0. The Morgan fingerprint density at radius 1 is 1.00 bits per heavy atom. The van der Waals surface area contributed by atoms with Gasteiger partial charge < -0.3 is 31.8 Å². The number of carbonyl (C=O) groups is 4. The molecule has 0 saturated heterocycles. The first-order valence-corrected chi connectivity index (χ1v) is 11.9. The van der Waals surface area contributed by atoms with Crippen molar-refractivity contribution in [1.29, 1.82) is 0 Å². The van der Waals surface area contributed by atoms with E-state index in [1.165, 1.54) is 0 Å². The highest BCUT2D eigenvalue weighted by atomic mass is 16.4. The molecule has 7 N–H and O–H groups in total. The Morgan fingerprint density at radius 2 is 1.66 bits per heavy atom. The summed E-state index contributed by atoms with van der Waals surface area (Å²) in [5.41, 5.74) is 7.08. The normalized spacial score (nSPS) is 14.7. The van der Waals surface area contributed by atoms with Gasteiger partial charge in [-0.2, -0.15) is 0 Å². The van der Waals surface area contributed by atoms with E-state index in [1.807, 2.05) is 52.0 Å². The number of fused-ring (bicyclic) bond motifs is 1. The maximum Gasteiger partial charge on any atom is 0.326 e. The van der Waals surface area contributed by atoms with E-state index in [0.29, 0.717) is 6.42 Å². The van der Waals surface area contributed by atoms with E-state index < -0.39 is 41.8 Å². The summed E-state index contributed by atoms with van der Waals surface area (Å²) in [6, 6.07) is 4.52. The van der Waals surface area contributed by atoms with Gasteiger partial charge in [0.1, 0.15) is 18.1 Å². The van der Waals surface area contributed by atoms with E-state index in [0.717, 1.165) is 16.5 Å². The Morgan fingerprint density at radius 3 is 2.26 bits per heavy atom. The zero-order valence-corrected chi connectivity index (χ0v) is 20.8. The van der Waals surface area contributed by atoms with E-state index in [1.54, 1.807) is 6.20 Å². The molecule has 0 spiro atoms. The third-order valence-electron chi connectivity index (χ3n) is 6.05. The molecule has 0 fully saturated rings. The number of hydrogen-bond acceptors (Lipinski definition) is 5. The molecule has 1 heterocycles. The number of para-hydroxylation sites is 1. The number of aromatic nitrogens is 1. The van der Waals surface area contributed by atoms with Gasteiger partial charge in [0.25, 0.3) is 0 Å². The Labute approximate surface area is 205 Å². The number of nitrogens with two attached hydrogens (primary N) is 1. The SMILES string of the molecule is CCC(C)C(NC(=O)CN)C(=O)NC(Cc1c[nH]c2ccccc12)C(=O)NC(CC(C)C)C(=O)O. The summed E-state index contributed by atoms with van der Waals surface area (Å²) in [7, 11) is 0. The van der Waals surface area contributed by atoms with Crippen molar-refractivity contribution in [2.75, 3.05) is 6.54 Å². The fourth-order valence-corrected chi connectivity index (χ4v) is 3.89. The van der Waals surface area contributed by atoms with Crippen molar-refractivity contribution in [3.63, 3.8) is 0 Å². The van der Waals surface area contributed by atoms with Crippen LogP contribution in [-0.2, 0) is 25.6 Å². The molecule has 35 heavy (non-hydrogen) atoms. The molecule has 0 aliphatic rings. The van der Waals surface area contributed by atoms with E-state index in [9.17, 15) is 24.3 Å². The van der Waals surface area contributed by atoms with Crippen LogP contribution in [0.4, 0.5) is 0 Å². The highest BCUT2D eigenvalue weighted by Gasteiger charge is 2.32. The van der Waals surface area contributed by atoms with Gasteiger partial charge in [-0.3, -0.25) is 14.4 Å². The maximum absolute atomic E-state index is 13.3. The van der Waals surface area contributed by atoms with Gasteiger partial charge >= 0.3 is 5.97 Å². The molecule has 0 aliphatic heterocycles. The average molecular weight is 488 g/mol. The first kappa shape index (κ1) is 27.8. The van der Waals surface area contributed by atoms with Crippen molar-refractivity contribution in [2.24, 2.45) is 17.6 Å². The van der Waals surface area contributed by atoms with Crippen molar-refractivity contribution in [2.45, 2.75) is 65.1 Å². The minimum absolute atomic E-state index is 0.0410. The Bertz CT molecular complexity index is 1030. The van der Waals surface area contributed by atoms with E-state index in [2.05, 4.69) is 20.9 Å². The molecule has 4 unspecified atom stereocenters. The van der Waals surface area contributed by atoms with Gasteiger partial charge in [0.05, 0.1) is 6.54 Å². The first-order chi connectivity index (χ1) is 16.6. The molecule has 3 amide bonds. The molecule has 0 aliphatic carbocycles. The standard InChI is InChI=1S/C25H37N5O5/c1-5-15(4)22(30-21(31)12-26)24(33)28-19(23(32)29-20(25(34)35)10-14(2)3)11-16-13-27-18-9-7-6-8-17(16)18/h6-9,13-15,19-20,22,27H,5,10-12,26H2,1-4H3,(H,28,33)(H,29,32)(H,30,31)(H,34,35). The van der Waals surface area contributed by atoms with Gasteiger partial charge in [-0.1, -0.05) is 52.3 Å². The lowest BCUT2D eigenvalue weighted by atomic mass is 9.96. The molecule has 2 rings (SSSR count). The molecular formula is C25H37N5O5. The highest BCUT2D eigenvalue weighted by Crippen LogP contribution is 2.20. The molecule has 1 aromatic heterocycles. The van der Waals surface area contributed by atoms with Crippen molar-refractivity contribution in [3.05, 3.63) is 36.0 Å². The molecule has 10 nitrogen and oxygen atoms in total. The Kier molecular flexibility index (Phi) is 10.3. The van der Waals surface area contributed by atoms with E-state index in [-0.39, 0.29) is 31.2 Å². The third kappa shape index (κ3) is 7.81. The fraction of sp³-hybridized carbons (Fsp3) is 0.520. The lowest BCUT2D eigenvalue weighted by molar-refractivity contribution is -0.142. The predicted octanol–water partition coefficient (Wildman–Crippen LogP) is 1.30. The van der Waals surface area contributed by atoms with Crippen LogP contribution < -0.4 is 21.7 Å². The van der Waals surface area contributed by atoms with Gasteiger partial charge in [-0.25, -0.2) is 4.79 Å². The second-order valence-corrected chi connectivity index (χ2v) is 9.29. The minimum atomic E-state index is -1.14. The summed E-state index contributed by atoms with van der Waals surface area (Å²) < 4.78 is 0. The fourth-order valence-electron chi connectivity index (χ4n) is 3.89. The molecule has 0 bridgehead atoms. The summed E-state index contributed by atoms with van der Waals surface area (Å²) in [6.45, 7) is 7.17. The van der Waals surface area contributed by atoms with Crippen LogP contribution in [0.3, 0.4) is 0 Å². The summed E-state index contributed by atoms with van der Waals surface area (Å²) in [5.74, 6) is -2.93. The van der Waals surface area contributed by atoms with Crippen molar-refractivity contribution >= 4 is 34.6 Å². The third-order valence-corrected chi connectivity index (χ3v) is 6.05. The number of nitrogens with one attached hydrogen (secondary N) is 4. The van der Waals surface area contributed by atoms with Crippen LogP contribution in [-0.4, -0.2) is 58.5 Å². The van der Waals surface area contributed by atoms with Gasteiger partial charge in [-0.15, -0.1) is 0 Å². The predicted molar refractivity (Wildman–Crippen MR) is 133 cm³/mol. The molecule has 0 saturated carbocycles. The number of carboxylic acid groups (broad SMARTS) is 1. The van der Waals surface area contributed by atoms with Crippen LogP contribution in [0.2, 0.25) is 0 Å². The second-order valence-electron chi connectivity index (χ2n) is 9.29. The smallest absolute Gasteiger partial charge is 0.326 e. The summed E-state index contributed by atoms with van der Waals surface area (Å²) in [6.07, 6.45) is 2.75.